The second kappa shape index (κ2) is 12.4. The largest absolute Gasteiger partial charge is 0.494 e. The molecule has 0 bridgehead atoms. The minimum Gasteiger partial charge on any atom is -0.494 e. The molecule has 0 aliphatic carbocycles. The van der Waals surface area contributed by atoms with Crippen LogP contribution in [0.2, 0.25) is 0 Å². The van der Waals surface area contributed by atoms with Crippen molar-refractivity contribution in [3.05, 3.63) is 64.2 Å². The average Bonchev–Trinajstić information content (AvgIpc) is 2.73. The standard InChI is InChI=1S/C22H29N3O4/c1-2-3-4-5-6-7-16-29-21-14-8-18(9-15-21)17-23-22(26)24-19-10-12-20(13-11-19)25(27)28/h8-15H,2-7,16-17H2,1H3,(H2,23,24,26). The summed E-state index contributed by atoms with van der Waals surface area (Å²) in [6.45, 7) is 3.31. The Morgan fingerprint density at radius 1 is 0.966 bits per heavy atom. The normalized spacial score (nSPS) is 10.4. The lowest BCUT2D eigenvalue weighted by atomic mass is 10.1. The van der Waals surface area contributed by atoms with Gasteiger partial charge in [0.25, 0.3) is 5.69 Å². The van der Waals surface area contributed by atoms with Crippen LogP contribution in [0.25, 0.3) is 0 Å². The maximum atomic E-state index is 12.0. The molecule has 0 fully saturated rings. The molecule has 7 heteroatoms. The van der Waals surface area contributed by atoms with Crippen molar-refractivity contribution in [1.82, 2.24) is 5.32 Å². The molecule has 29 heavy (non-hydrogen) atoms. The van der Waals surface area contributed by atoms with Gasteiger partial charge < -0.3 is 15.4 Å². The Labute approximate surface area is 171 Å². The van der Waals surface area contributed by atoms with E-state index in [2.05, 4.69) is 17.6 Å². The predicted molar refractivity (Wildman–Crippen MR) is 114 cm³/mol. The number of benzene rings is 2. The van der Waals surface area contributed by atoms with E-state index in [1.54, 1.807) is 0 Å². The molecule has 0 aliphatic rings. The monoisotopic (exact) mass is 399 g/mol. The SMILES string of the molecule is CCCCCCCCOc1ccc(CNC(=O)Nc2ccc([N+](=O)[O-])cc2)cc1. The Balaban J connectivity index is 1.66. The van der Waals surface area contributed by atoms with Crippen molar-refractivity contribution >= 4 is 17.4 Å². The molecule has 0 saturated heterocycles. The summed E-state index contributed by atoms with van der Waals surface area (Å²) in [4.78, 5) is 22.1. The quantitative estimate of drug-likeness (QED) is 0.274. The number of ether oxygens (including phenoxy) is 1. The Morgan fingerprint density at radius 2 is 1.62 bits per heavy atom. The molecule has 0 heterocycles. The second-order valence-electron chi connectivity index (χ2n) is 6.87. The predicted octanol–water partition coefficient (Wildman–Crippen LogP) is 5.66. The van der Waals surface area contributed by atoms with Crippen LogP contribution in [0, 0.1) is 10.1 Å². The Hall–Kier alpha value is -3.09. The van der Waals surface area contributed by atoms with E-state index in [9.17, 15) is 14.9 Å². The van der Waals surface area contributed by atoms with Gasteiger partial charge in [-0.05, 0) is 36.2 Å². The van der Waals surface area contributed by atoms with Crippen molar-refractivity contribution in [3.63, 3.8) is 0 Å². The van der Waals surface area contributed by atoms with Crippen molar-refractivity contribution in [2.24, 2.45) is 0 Å². The molecule has 0 saturated carbocycles. The molecular formula is C22H29N3O4. The van der Waals surface area contributed by atoms with Crippen LogP contribution >= 0.6 is 0 Å². The van der Waals surface area contributed by atoms with E-state index in [1.165, 1.54) is 56.4 Å². The van der Waals surface area contributed by atoms with Gasteiger partial charge >= 0.3 is 6.03 Å². The van der Waals surface area contributed by atoms with Crippen LogP contribution in [0.4, 0.5) is 16.2 Å². The van der Waals surface area contributed by atoms with Crippen LogP contribution in [0.1, 0.15) is 51.0 Å². The number of nitro benzene ring substituents is 1. The number of carbonyl (C=O) groups excluding carboxylic acids is 1. The highest BCUT2D eigenvalue weighted by atomic mass is 16.6. The highest BCUT2D eigenvalue weighted by molar-refractivity contribution is 5.89. The van der Waals surface area contributed by atoms with E-state index in [0.717, 1.165) is 24.3 Å². The lowest BCUT2D eigenvalue weighted by molar-refractivity contribution is -0.384. The fraction of sp³-hybridized carbons (Fsp3) is 0.409. The van der Waals surface area contributed by atoms with Crippen molar-refractivity contribution in [2.75, 3.05) is 11.9 Å². The topological polar surface area (TPSA) is 93.5 Å². The van der Waals surface area contributed by atoms with E-state index in [4.69, 9.17) is 4.74 Å². The third-order valence-electron chi connectivity index (χ3n) is 4.48. The molecule has 156 valence electrons. The fourth-order valence-corrected chi connectivity index (χ4v) is 2.80. The molecule has 0 unspecified atom stereocenters. The highest BCUT2D eigenvalue weighted by Crippen LogP contribution is 2.16. The summed E-state index contributed by atoms with van der Waals surface area (Å²) in [5, 5.41) is 16.0. The molecule has 0 aromatic heterocycles. The number of nitrogens with zero attached hydrogens (tertiary/aromatic N) is 1. The Kier molecular flexibility index (Phi) is 9.48. The second-order valence-corrected chi connectivity index (χ2v) is 6.87. The summed E-state index contributed by atoms with van der Waals surface area (Å²) in [6.07, 6.45) is 7.40. The van der Waals surface area contributed by atoms with Gasteiger partial charge in [-0.2, -0.15) is 0 Å². The van der Waals surface area contributed by atoms with Crippen LogP contribution in [0.5, 0.6) is 5.75 Å². The molecule has 2 aromatic rings. The lowest BCUT2D eigenvalue weighted by Gasteiger charge is -2.09. The molecule has 0 aliphatic heterocycles. The summed E-state index contributed by atoms with van der Waals surface area (Å²) in [6, 6.07) is 13.0. The van der Waals surface area contributed by atoms with Crippen molar-refractivity contribution in [2.45, 2.75) is 52.0 Å². The van der Waals surface area contributed by atoms with E-state index in [0.29, 0.717) is 12.2 Å². The summed E-state index contributed by atoms with van der Waals surface area (Å²) in [7, 11) is 0. The van der Waals surface area contributed by atoms with Crippen molar-refractivity contribution in [1.29, 1.82) is 0 Å². The van der Waals surface area contributed by atoms with Gasteiger partial charge in [-0.25, -0.2) is 4.79 Å². The maximum absolute atomic E-state index is 12.0. The van der Waals surface area contributed by atoms with Crippen molar-refractivity contribution < 1.29 is 14.5 Å². The van der Waals surface area contributed by atoms with E-state index >= 15 is 0 Å². The van der Waals surface area contributed by atoms with Gasteiger partial charge in [-0.3, -0.25) is 10.1 Å². The number of non-ortho nitro benzene ring substituents is 1. The number of rotatable bonds is 12. The van der Waals surface area contributed by atoms with E-state index < -0.39 is 4.92 Å². The first kappa shape index (κ1) is 22.2. The number of nitrogens with one attached hydrogen (secondary N) is 2. The van der Waals surface area contributed by atoms with Gasteiger partial charge in [-0.15, -0.1) is 0 Å². The number of nitro groups is 1. The van der Waals surface area contributed by atoms with Gasteiger partial charge in [0.15, 0.2) is 0 Å². The number of hydrogen-bond acceptors (Lipinski definition) is 4. The number of unbranched alkanes of at least 4 members (excludes halogenated alkanes) is 5. The maximum Gasteiger partial charge on any atom is 0.319 e. The minimum absolute atomic E-state index is 0.0187. The summed E-state index contributed by atoms with van der Waals surface area (Å²) in [5.74, 6) is 0.831. The van der Waals surface area contributed by atoms with Crippen molar-refractivity contribution in [3.8, 4) is 5.75 Å². The third kappa shape index (κ3) is 8.64. The first-order valence-corrected chi connectivity index (χ1v) is 10.1. The molecular weight excluding hydrogens is 370 g/mol. The number of amides is 2. The first-order chi connectivity index (χ1) is 14.1. The van der Waals surface area contributed by atoms with Gasteiger partial charge in [0.1, 0.15) is 5.75 Å². The van der Waals surface area contributed by atoms with Gasteiger partial charge in [-0.1, -0.05) is 51.2 Å². The van der Waals surface area contributed by atoms with Gasteiger partial charge in [0.05, 0.1) is 11.5 Å². The summed E-state index contributed by atoms with van der Waals surface area (Å²) in [5.41, 5.74) is 1.43. The Morgan fingerprint density at radius 3 is 2.28 bits per heavy atom. The summed E-state index contributed by atoms with van der Waals surface area (Å²) < 4.78 is 5.75. The van der Waals surface area contributed by atoms with E-state index in [-0.39, 0.29) is 11.7 Å². The number of carbonyl (C=O) groups is 1. The zero-order valence-corrected chi connectivity index (χ0v) is 16.9. The number of hydrogen-bond donors (Lipinski definition) is 2. The smallest absolute Gasteiger partial charge is 0.319 e. The van der Waals surface area contributed by atoms with Crippen LogP contribution in [-0.4, -0.2) is 17.6 Å². The molecule has 2 amide bonds. The van der Waals surface area contributed by atoms with Crippen LogP contribution in [-0.2, 0) is 6.54 Å². The van der Waals surface area contributed by atoms with Gasteiger partial charge in [0.2, 0.25) is 0 Å². The highest BCUT2D eigenvalue weighted by Gasteiger charge is 2.06. The average molecular weight is 399 g/mol. The molecule has 2 N–H and O–H groups in total. The zero-order chi connectivity index (χ0) is 20.9. The molecule has 7 nitrogen and oxygen atoms in total. The molecule has 0 spiro atoms. The Bertz CT molecular complexity index is 761. The third-order valence-corrected chi connectivity index (χ3v) is 4.48. The molecule has 0 radical (unpaired) electrons. The van der Waals surface area contributed by atoms with E-state index in [1.807, 2.05) is 24.3 Å². The molecule has 0 atom stereocenters. The number of anilines is 1. The lowest BCUT2D eigenvalue weighted by Crippen LogP contribution is -2.28. The van der Waals surface area contributed by atoms with Crippen LogP contribution < -0.4 is 15.4 Å². The molecule has 2 rings (SSSR count). The zero-order valence-electron chi connectivity index (χ0n) is 16.9. The minimum atomic E-state index is -0.481. The van der Waals surface area contributed by atoms with Crippen LogP contribution in [0.3, 0.4) is 0 Å². The fourth-order valence-electron chi connectivity index (χ4n) is 2.80. The summed E-state index contributed by atoms with van der Waals surface area (Å²) >= 11 is 0. The van der Waals surface area contributed by atoms with Gasteiger partial charge in [0, 0.05) is 24.4 Å². The van der Waals surface area contributed by atoms with Crippen LogP contribution in [0.15, 0.2) is 48.5 Å². The molecule has 2 aromatic carbocycles. The number of urea groups is 1. The first-order valence-electron chi connectivity index (χ1n) is 10.1.